The fraction of sp³-hybridized carbons (Fsp3) is 0.412. The molecule has 4 nitrogen and oxygen atoms in total. The largest absolute Gasteiger partial charge is 0.469 e. The number of amides is 1. The molecule has 0 bridgehead atoms. The first-order chi connectivity index (χ1) is 10.6. The van der Waals surface area contributed by atoms with Gasteiger partial charge >= 0.3 is 5.97 Å². The molecule has 1 amide bonds. The van der Waals surface area contributed by atoms with Crippen molar-refractivity contribution in [1.82, 2.24) is 5.32 Å². The van der Waals surface area contributed by atoms with Gasteiger partial charge in [-0.1, -0.05) is 42.0 Å². The lowest BCUT2D eigenvalue weighted by molar-refractivity contribution is -0.141. The van der Waals surface area contributed by atoms with Gasteiger partial charge in [-0.2, -0.15) is 0 Å². The maximum Gasteiger partial charge on any atom is 0.307 e. The molecule has 118 valence electrons. The molecule has 0 unspecified atom stereocenters. The van der Waals surface area contributed by atoms with E-state index in [-0.39, 0.29) is 24.2 Å². The first-order valence-electron chi connectivity index (χ1n) is 7.37. The van der Waals surface area contributed by atoms with E-state index in [0.29, 0.717) is 11.4 Å². The molecule has 0 saturated heterocycles. The fourth-order valence-electron chi connectivity index (χ4n) is 2.60. The smallest absolute Gasteiger partial charge is 0.307 e. The lowest BCUT2D eigenvalue weighted by atomic mass is 10.0. The molecule has 1 aromatic rings. The van der Waals surface area contributed by atoms with Crippen molar-refractivity contribution >= 4 is 23.5 Å². The molecule has 0 saturated carbocycles. The summed E-state index contributed by atoms with van der Waals surface area (Å²) in [7, 11) is 1.33. The normalized spacial score (nSPS) is 18.0. The third-order valence-corrected chi connectivity index (χ3v) is 4.12. The summed E-state index contributed by atoms with van der Waals surface area (Å²) in [5.74, 6) is -0.179. The standard InChI is InChI=1S/C17H20ClNO3/c1-22-17(21)11-15(13-8-4-5-9-14(13)18)19-16(20)10-12-6-2-3-7-12/h2,4-6,8-9,12,15H,3,7,10-11H2,1H3,(H,19,20)/t12-,15+/m1/s1. The topological polar surface area (TPSA) is 55.4 Å². The number of carbonyl (C=O) groups excluding carboxylic acids is 2. The Morgan fingerprint density at radius 2 is 2.18 bits per heavy atom. The van der Waals surface area contributed by atoms with Gasteiger partial charge in [0.05, 0.1) is 19.6 Å². The number of esters is 1. The number of methoxy groups -OCH3 is 1. The van der Waals surface area contributed by atoms with Crippen LogP contribution in [-0.4, -0.2) is 19.0 Å². The average molecular weight is 322 g/mol. The molecule has 1 aromatic carbocycles. The quantitative estimate of drug-likeness (QED) is 0.645. The third-order valence-electron chi connectivity index (χ3n) is 3.77. The van der Waals surface area contributed by atoms with Crippen LogP contribution >= 0.6 is 11.6 Å². The molecule has 0 fully saturated rings. The van der Waals surface area contributed by atoms with Crippen LogP contribution < -0.4 is 5.32 Å². The monoisotopic (exact) mass is 321 g/mol. The summed E-state index contributed by atoms with van der Waals surface area (Å²) >= 11 is 6.18. The van der Waals surface area contributed by atoms with Crippen molar-refractivity contribution in [2.24, 2.45) is 5.92 Å². The molecule has 1 N–H and O–H groups in total. The number of halogens is 1. The maximum absolute atomic E-state index is 12.2. The van der Waals surface area contributed by atoms with E-state index in [9.17, 15) is 9.59 Å². The molecule has 0 radical (unpaired) electrons. The van der Waals surface area contributed by atoms with Crippen molar-refractivity contribution < 1.29 is 14.3 Å². The molecule has 2 rings (SSSR count). The van der Waals surface area contributed by atoms with Crippen LogP contribution in [0.15, 0.2) is 36.4 Å². The predicted octanol–water partition coefficient (Wildman–Crippen LogP) is 3.42. The van der Waals surface area contributed by atoms with E-state index in [0.717, 1.165) is 18.4 Å². The van der Waals surface area contributed by atoms with Gasteiger partial charge in [-0.05, 0) is 30.4 Å². The molecule has 1 aliphatic carbocycles. The maximum atomic E-state index is 12.2. The molecule has 5 heteroatoms. The van der Waals surface area contributed by atoms with Gasteiger partial charge < -0.3 is 10.1 Å². The van der Waals surface area contributed by atoms with Crippen molar-refractivity contribution in [2.75, 3.05) is 7.11 Å². The highest BCUT2D eigenvalue weighted by atomic mass is 35.5. The summed E-state index contributed by atoms with van der Waals surface area (Å²) in [6.07, 6.45) is 6.68. The number of hydrogen-bond donors (Lipinski definition) is 1. The van der Waals surface area contributed by atoms with Crippen molar-refractivity contribution in [3.63, 3.8) is 0 Å². The van der Waals surface area contributed by atoms with E-state index in [1.54, 1.807) is 6.07 Å². The Balaban J connectivity index is 2.07. The van der Waals surface area contributed by atoms with E-state index in [1.165, 1.54) is 7.11 Å². The highest BCUT2D eigenvalue weighted by Crippen LogP contribution is 2.26. The Labute approximate surface area is 135 Å². The van der Waals surface area contributed by atoms with Gasteiger partial charge in [0.2, 0.25) is 5.91 Å². The van der Waals surface area contributed by atoms with Gasteiger partial charge in [-0.3, -0.25) is 9.59 Å². The Bertz CT molecular complexity index is 571. The van der Waals surface area contributed by atoms with Crippen LogP contribution in [0.5, 0.6) is 0 Å². The van der Waals surface area contributed by atoms with E-state index in [4.69, 9.17) is 16.3 Å². The van der Waals surface area contributed by atoms with Gasteiger partial charge in [0.15, 0.2) is 0 Å². The Morgan fingerprint density at radius 3 is 2.82 bits per heavy atom. The second-order valence-electron chi connectivity index (χ2n) is 5.39. The minimum absolute atomic E-state index is 0.0620. The Hall–Kier alpha value is -1.81. The first kappa shape index (κ1) is 16.6. The van der Waals surface area contributed by atoms with E-state index in [1.807, 2.05) is 18.2 Å². The summed E-state index contributed by atoms with van der Waals surface area (Å²) in [5.41, 5.74) is 0.727. The van der Waals surface area contributed by atoms with Crippen LogP contribution in [0.25, 0.3) is 0 Å². The van der Waals surface area contributed by atoms with Crippen LogP contribution in [0.1, 0.15) is 37.3 Å². The van der Waals surface area contributed by atoms with Gasteiger partial charge in [-0.25, -0.2) is 0 Å². The molecular formula is C17H20ClNO3. The van der Waals surface area contributed by atoms with Crippen LogP contribution in [0.2, 0.25) is 5.02 Å². The minimum atomic E-state index is -0.473. The zero-order valence-corrected chi connectivity index (χ0v) is 13.3. The predicted molar refractivity (Wildman–Crippen MR) is 85.4 cm³/mol. The first-order valence-corrected chi connectivity index (χ1v) is 7.75. The van der Waals surface area contributed by atoms with Crippen LogP contribution in [-0.2, 0) is 14.3 Å². The van der Waals surface area contributed by atoms with Gasteiger partial charge in [0.1, 0.15) is 0 Å². The lowest BCUT2D eigenvalue weighted by Gasteiger charge is -2.20. The van der Waals surface area contributed by atoms with Crippen molar-refractivity contribution in [3.05, 3.63) is 47.0 Å². The molecule has 2 atom stereocenters. The molecule has 0 aromatic heterocycles. The zero-order chi connectivity index (χ0) is 15.9. The van der Waals surface area contributed by atoms with Crippen molar-refractivity contribution in [3.8, 4) is 0 Å². The molecular weight excluding hydrogens is 302 g/mol. The Morgan fingerprint density at radius 1 is 1.41 bits per heavy atom. The summed E-state index contributed by atoms with van der Waals surface area (Å²) in [6, 6.07) is 6.72. The van der Waals surface area contributed by atoms with E-state index < -0.39 is 6.04 Å². The summed E-state index contributed by atoms with van der Waals surface area (Å²) in [4.78, 5) is 23.8. The SMILES string of the molecule is COC(=O)C[C@H](NC(=O)C[C@@H]1C=CCC1)c1ccccc1Cl. The van der Waals surface area contributed by atoms with Gasteiger partial charge in [0, 0.05) is 11.4 Å². The Kier molecular flexibility index (Phi) is 6.01. The van der Waals surface area contributed by atoms with Crippen LogP contribution in [0.4, 0.5) is 0 Å². The molecule has 22 heavy (non-hydrogen) atoms. The van der Waals surface area contributed by atoms with Crippen LogP contribution in [0, 0.1) is 5.92 Å². The minimum Gasteiger partial charge on any atom is -0.469 e. The second-order valence-corrected chi connectivity index (χ2v) is 5.80. The molecule has 1 aliphatic rings. The number of benzene rings is 1. The number of carbonyl (C=O) groups is 2. The molecule has 0 aliphatic heterocycles. The fourth-order valence-corrected chi connectivity index (χ4v) is 2.87. The van der Waals surface area contributed by atoms with Crippen LogP contribution in [0.3, 0.4) is 0 Å². The van der Waals surface area contributed by atoms with E-state index in [2.05, 4.69) is 17.5 Å². The van der Waals surface area contributed by atoms with Crippen molar-refractivity contribution in [1.29, 1.82) is 0 Å². The number of hydrogen-bond acceptors (Lipinski definition) is 3. The number of nitrogens with one attached hydrogen (secondary N) is 1. The number of rotatable bonds is 6. The molecule has 0 heterocycles. The van der Waals surface area contributed by atoms with Gasteiger partial charge in [-0.15, -0.1) is 0 Å². The summed E-state index contributed by atoms with van der Waals surface area (Å²) in [5, 5.41) is 3.43. The zero-order valence-electron chi connectivity index (χ0n) is 12.5. The summed E-state index contributed by atoms with van der Waals surface area (Å²) in [6.45, 7) is 0. The second kappa shape index (κ2) is 7.99. The lowest BCUT2D eigenvalue weighted by Crippen LogP contribution is -2.31. The third kappa shape index (κ3) is 4.60. The number of allylic oxidation sites excluding steroid dienone is 2. The average Bonchev–Trinajstić information content (AvgIpc) is 2.99. The van der Waals surface area contributed by atoms with E-state index >= 15 is 0 Å². The van der Waals surface area contributed by atoms with Gasteiger partial charge in [0.25, 0.3) is 0 Å². The highest BCUT2D eigenvalue weighted by molar-refractivity contribution is 6.31. The number of ether oxygens (including phenoxy) is 1. The molecule has 0 spiro atoms. The summed E-state index contributed by atoms with van der Waals surface area (Å²) < 4.78 is 4.71. The highest BCUT2D eigenvalue weighted by Gasteiger charge is 2.22. The van der Waals surface area contributed by atoms with Crippen molar-refractivity contribution in [2.45, 2.75) is 31.7 Å².